The minimum atomic E-state index is 0.589. The van der Waals surface area contributed by atoms with E-state index in [0.717, 1.165) is 10.6 Å². The maximum absolute atomic E-state index is 5.47. The van der Waals surface area contributed by atoms with E-state index in [9.17, 15) is 0 Å². The van der Waals surface area contributed by atoms with Gasteiger partial charge in [-0.25, -0.2) is 4.98 Å². The fourth-order valence-electron chi connectivity index (χ4n) is 0.876. The number of hydrogen-bond acceptors (Lipinski definition) is 3. The number of aromatic amines is 1. The van der Waals surface area contributed by atoms with E-state index in [1.807, 2.05) is 23.8 Å². The van der Waals surface area contributed by atoms with Crippen LogP contribution in [-0.2, 0) is 0 Å². The Morgan fingerprint density at radius 2 is 2.45 bits per heavy atom. The van der Waals surface area contributed by atoms with Crippen LogP contribution in [0.4, 0.5) is 5.82 Å². The van der Waals surface area contributed by atoms with Gasteiger partial charge in [-0.2, -0.15) is 0 Å². The molecule has 3 N–H and O–H groups in total. The highest BCUT2D eigenvalue weighted by atomic mass is 32.1. The lowest BCUT2D eigenvalue weighted by Gasteiger charge is -1.84. The lowest BCUT2D eigenvalue weighted by molar-refractivity contribution is 1.39. The van der Waals surface area contributed by atoms with E-state index in [0.29, 0.717) is 5.82 Å². The molecule has 4 heteroatoms. The fourth-order valence-corrected chi connectivity index (χ4v) is 1.58. The van der Waals surface area contributed by atoms with Crippen LogP contribution in [0, 0.1) is 0 Å². The molecule has 0 aliphatic carbocycles. The summed E-state index contributed by atoms with van der Waals surface area (Å²) in [6.45, 7) is 0. The first kappa shape index (κ1) is 6.42. The van der Waals surface area contributed by atoms with Gasteiger partial charge in [-0.1, -0.05) is 0 Å². The Morgan fingerprint density at radius 3 is 3.00 bits per heavy atom. The molecule has 0 amide bonds. The highest BCUT2D eigenvalue weighted by Crippen LogP contribution is 2.23. The summed E-state index contributed by atoms with van der Waals surface area (Å²) in [5.41, 5.74) is 6.56. The monoisotopic (exact) mass is 165 g/mol. The van der Waals surface area contributed by atoms with Crippen LogP contribution in [0.5, 0.6) is 0 Å². The molecule has 56 valence electrons. The Kier molecular flexibility index (Phi) is 1.40. The third-order valence-electron chi connectivity index (χ3n) is 1.37. The van der Waals surface area contributed by atoms with Crippen molar-refractivity contribution in [3.05, 3.63) is 23.8 Å². The van der Waals surface area contributed by atoms with Crippen LogP contribution in [0.15, 0.2) is 23.8 Å². The summed E-state index contributed by atoms with van der Waals surface area (Å²) in [6, 6.07) is 1.97. The van der Waals surface area contributed by atoms with Crippen LogP contribution in [-0.4, -0.2) is 9.97 Å². The SMILES string of the molecule is Nc1csc(-c2cc[nH]c2)n1. The molecule has 0 saturated heterocycles. The zero-order valence-corrected chi connectivity index (χ0v) is 6.56. The van der Waals surface area contributed by atoms with Crippen molar-refractivity contribution in [2.45, 2.75) is 0 Å². The number of nitrogens with one attached hydrogen (secondary N) is 1. The first-order valence-corrected chi connectivity index (χ1v) is 4.08. The molecular formula is C7H7N3S. The van der Waals surface area contributed by atoms with Crippen molar-refractivity contribution < 1.29 is 0 Å². The van der Waals surface area contributed by atoms with Gasteiger partial charge in [-0.05, 0) is 6.07 Å². The molecule has 0 aliphatic heterocycles. The zero-order valence-electron chi connectivity index (χ0n) is 5.74. The van der Waals surface area contributed by atoms with Crippen LogP contribution in [0.3, 0.4) is 0 Å². The predicted octanol–water partition coefficient (Wildman–Crippen LogP) is 1.72. The number of nitrogens with two attached hydrogens (primary N) is 1. The maximum Gasteiger partial charge on any atom is 0.135 e. The summed E-state index contributed by atoms with van der Waals surface area (Å²) in [4.78, 5) is 7.09. The number of rotatable bonds is 1. The normalized spacial score (nSPS) is 10.2. The number of H-pyrrole nitrogens is 1. The molecule has 2 aromatic heterocycles. The van der Waals surface area contributed by atoms with E-state index in [1.165, 1.54) is 0 Å². The number of nitrogens with zero attached hydrogens (tertiary/aromatic N) is 1. The topological polar surface area (TPSA) is 54.7 Å². The molecule has 2 aromatic rings. The second-order valence-electron chi connectivity index (χ2n) is 2.18. The van der Waals surface area contributed by atoms with Gasteiger partial charge in [0, 0.05) is 23.3 Å². The molecule has 11 heavy (non-hydrogen) atoms. The van der Waals surface area contributed by atoms with E-state index in [4.69, 9.17) is 5.73 Å². The van der Waals surface area contributed by atoms with Crippen molar-refractivity contribution in [1.29, 1.82) is 0 Å². The first-order valence-electron chi connectivity index (χ1n) is 3.20. The highest BCUT2D eigenvalue weighted by molar-refractivity contribution is 7.13. The van der Waals surface area contributed by atoms with Crippen LogP contribution in [0.25, 0.3) is 10.6 Å². The molecule has 0 radical (unpaired) electrons. The summed E-state index contributed by atoms with van der Waals surface area (Å²) >= 11 is 1.55. The Morgan fingerprint density at radius 1 is 1.55 bits per heavy atom. The molecule has 0 bridgehead atoms. The summed E-state index contributed by atoms with van der Waals surface area (Å²) in [5.74, 6) is 0.589. The van der Waals surface area contributed by atoms with Gasteiger partial charge in [0.1, 0.15) is 10.8 Å². The van der Waals surface area contributed by atoms with Crippen LogP contribution < -0.4 is 5.73 Å². The van der Waals surface area contributed by atoms with Crippen LogP contribution in [0.2, 0.25) is 0 Å². The summed E-state index contributed by atoms with van der Waals surface area (Å²) in [7, 11) is 0. The van der Waals surface area contributed by atoms with Crippen LogP contribution in [0.1, 0.15) is 0 Å². The van der Waals surface area contributed by atoms with E-state index in [1.54, 1.807) is 11.3 Å². The molecule has 0 spiro atoms. The largest absolute Gasteiger partial charge is 0.383 e. The minimum absolute atomic E-state index is 0.589. The van der Waals surface area contributed by atoms with Crippen LogP contribution >= 0.6 is 11.3 Å². The molecule has 2 rings (SSSR count). The van der Waals surface area contributed by atoms with Gasteiger partial charge in [-0.15, -0.1) is 11.3 Å². The second kappa shape index (κ2) is 2.39. The summed E-state index contributed by atoms with van der Waals surface area (Å²) < 4.78 is 0. The van der Waals surface area contributed by atoms with Crippen molar-refractivity contribution in [3.8, 4) is 10.6 Å². The first-order chi connectivity index (χ1) is 5.36. The number of hydrogen-bond donors (Lipinski definition) is 2. The van der Waals surface area contributed by atoms with Gasteiger partial charge in [-0.3, -0.25) is 0 Å². The number of anilines is 1. The minimum Gasteiger partial charge on any atom is -0.383 e. The van der Waals surface area contributed by atoms with Gasteiger partial charge in [0.05, 0.1) is 0 Å². The Labute approximate surface area is 67.9 Å². The van der Waals surface area contributed by atoms with E-state index >= 15 is 0 Å². The highest BCUT2D eigenvalue weighted by Gasteiger charge is 2.00. The average molecular weight is 165 g/mol. The van der Waals surface area contributed by atoms with Crippen molar-refractivity contribution >= 4 is 17.2 Å². The number of aromatic nitrogens is 2. The van der Waals surface area contributed by atoms with Gasteiger partial charge in [0.15, 0.2) is 0 Å². The summed E-state index contributed by atoms with van der Waals surface area (Å²) in [6.07, 6.45) is 3.77. The smallest absolute Gasteiger partial charge is 0.135 e. The quantitative estimate of drug-likeness (QED) is 0.676. The van der Waals surface area contributed by atoms with Gasteiger partial charge < -0.3 is 10.7 Å². The molecule has 0 aliphatic rings. The zero-order chi connectivity index (χ0) is 7.68. The Balaban J connectivity index is 2.45. The van der Waals surface area contributed by atoms with Crippen molar-refractivity contribution in [2.24, 2.45) is 0 Å². The number of nitrogen functional groups attached to an aromatic ring is 1. The van der Waals surface area contributed by atoms with Gasteiger partial charge in [0.25, 0.3) is 0 Å². The average Bonchev–Trinajstić information content (AvgIpc) is 2.55. The fraction of sp³-hybridized carbons (Fsp3) is 0. The number of thiazole rings is 1. The molecule has 0 unspecified atom stereocenters. The Hall–Kier alpha value is -1.29. The summed E-state index contributed by atoms with van der Waals surface area (Å²) in [5, 5.41) is 2.80. The van der Waals surface area contributed by atoms with E-state index in [2.05, 4.69) is 9.97 Å². The lowest BCUT2D eigenvalue weighted by Crippen LogP contribution is -1.82. The van der Waals surface area contributed by atoms with E-state index < -0.39 is 0 Å². The molecule has 3 nitrogen and oxygen atoms in total. The molecule has 0 aromatic carbocycles. The molecule has 0 saturated carbocycles. The Bertz CT molecular complexity index is 336. The second-order valence-corrected chi connectivity index (χ2v) is 3.04. The molecule has 0 fully saturated rings. The third-order valence-corrected chi connectivity index (χ3v) is 2.28. The maximum atomic E-state index is 5.47. The lowest BCUT2D eigenvalue weighted by atomic mass is 10.4. The third kappa shape index (κ3) is 1.12. The van der Waals surface area contributed by atoms with E-state index in [-0.39, 0.29) is 0 Å². The van der Waals surface area contributed by atoms with Crippen molar-refractivity contribution in [3.63, 3.8) is 0 Å². The van der Waals surface area contributed by atoms with Crippen molar-refractivity contribution in [1.82, 2.24) is 9.97 Å². The molecule has 2 heterocycles. The molecular weight excluding hydrogens is 158 g/mol. The standard InChI is InChI=1S/C7H7N3S/c8-6-4-11-7(10-6)5-1-2-9-3-5/h1-4,9H,8H2. The van der Waals surface area contributed by atoms with Gasteiger partial charge in [0.2, 0.25) is 0 Å². The predicted molar refractivity (Wildman–Crippen MR) is 46.3 cm³/mol. The van der Waals surface area contributed by atoms with Crippen molar-refractivity contribution in [2.75, 3.05) is 5.73 Å². The van der Waals surface area contributed by atoms with Gasteiger partial charge >= 0.3 is 0 Å². The molecule has 0 atom stereocenters.